The van der Waals surface area contributed by atoms with Crippen LogP contribution in [0.15, 0.2) is 24.3 Å². The van der Waals surface area contributed by atoms with Gasteiger partial charge in [0.25, 0.3) is 0 Å². The Hall–Kier alpha value is -1.06. The SMILES string of the molecule is COCCNCCCc1ccc(N)cc1. The van der Waals surface area contributed by atoms with Crippen molar-refractivity contribution >= 4 is 5.69 Å². The molecule has 0 atom stereocenters. The molecule has 0 saturated carbocycles. The van der Waals surface area contributed by atoms with Crippen molar-refractivity contribution in [3.05, 3.63) is 29.8 Å². The molecule has 0 radical (unpaired) electrons. The predicted molar refractivity (Wildman–Crippen MR) is 63.9 cm³/mol. The van der Waals surface area contributed by atoms with Crippen molar-refractivity contribution in [2.24, 2.45) is 0 Å². The molecule has 84 valence electrons. The zero-order valence-electron chi connectivity index (χ0n) is 9.33. The molecule has 0 aliphatic carbocycles. The van der Waals surface area contributed by atoms with Crippen LogP contribution in [-0.4, -0.2) is 26.8 Å². The molecule has 3 N–H and O–H groups in total. The summed E-state index contributed by atoms with van der Waals surface area (Å²) in [6.07, 6.45) is 2.24. The highest BCUT2D eigenvalue weighted by Gasteiger charge is 1.93. The summed E-state index contributed by atoms with van der Waals surface area (Å²) < 4.78 is 4.94. The number of nitrogen functional groups attached to an aromatic ring is 1. The lowest BCUT2D eigenvalue weighted by Crippen LogP contribution is -2.20. The summed E-state index contributed by atoms with van der Waals surface area (Å²) in [5.41, 5.74) is 7.79. The molecule has 0 heterocycles. The monoisotopic (exact) mass is 208 g/mol. The van der Waals surface area contributed by atoms with Crippen LogP contribution in [0.2, 0.25) is 0 Å². The van der Waals surface area contributed by atoms with Crippen LogP contribution in [0.1, 0.15) is 12.0 Å². The fourth-order valence-electron chi connectivity index (χ4n) is 1.40. The Bertz CT molecular complexity index is 259. The lowest BCUT2D eigenvalue weighted by Gasteiger charge is -2.04. The first-order valence-electron chi connectivity index (χ1n) is 5.37. The van der Waals surface area contributed by atoms with Crippen LogP contribution in [0.3, 0.4) is 0 Å². The third-order valence-electron chi connectivity index (χ3n) is 2.28. The molecule has 0 unspecified atom stereocenters. The van der Waals surface area contributed by atoms with E-state index in [0.29, 0.717) is 0 Å². The minimum absolute atomic E-state index is 0.780. The molecular formula is C12H20N2O. The molecule has 0 aliphatic rings. The van der Waals surface area contributed by atoms with Crippen LogP contribution in [0, 0.1) is 0 Å². The van der Waals surface area contributed by atoms with Crippen LogP contribution in [0.5, 0.6) is 0 Å². The third-order valence-corrected chi connectivity index (χ3v) is 2.28. The van der Waals surface area contributed by atoms with E-state index in [1.165, 1.54) is 5.56 Å². The van der Waals surface area contributed by atoms with E-state index < -0.39 is 0 Å². The second kappa shape index (κ2) is 7.26. The number of nitrogens with two attached hydrogens (primary N) is 1. The molecular weight excluding hydrogens is 188 g/mol. The molecule has 3 heteroatoms. The molecule has 1 aromatic rings. The topological polar surface area (TPSA) is 47.3 Å². The van der Waals surface area contributed by atoms with E-state index in [1.807, 2.05) is 12.1 Å². The molecule has 1 rings (SSSR count). The van der Waals surface area contributed by atoms with Gasteiger partial charge in [-0.1, -0.05) is 12.1 Å². The minimum atomic E-state index is 0.780. The summed E-state index contributed by atoms with van der Waals surface area (Å²) in [5.74, 6) is 0. The molecule has 0 aliphatic heterocycles. The van der Waals surface area contributed by atoms with Gasteiger partial charge in [0.15, 0.2) is 0 Å². The van der Waals surface area contributed by atoms with Crippen molar-refractivity contribution in [2.45, 2.75) is 12.8 Å². The van der Waals surface area contributed by atoms with E-state index in [1.54, 1.807) is 7.11 Å². The van der Waals surface area contributed by atoms with Crippen molar-refractivity contribution in [1.29, 1.82) is 0 Å². The molecule has 3 nitrogen and oxygen atoms in total. The number of rotatable bonds is 7. The number of methoxy groups -OCH3 is 1. The quantitative estimate of drug-likeness (QED) is 0.526. The lowest BCUT2D eigenvalue weighted by molar-refractivity contribution is 0.199. The van der Waals surface area contributed by atoms with Gasteiger partial charge in [-0.25, -0.2) is 0 Å². The number of aryl methyl sites for hydroxylation is 1. The summed E-state index contributed by atoms with van der Waals surface area (Å²) in [6, 6.07) is 8.08. The summed E-state index contributed by atoms with van der Waals surface area (Å²) in [5, 5.41) is 3.32. The van der Waals surface area contributed by atoms with E-state index in [0.717, 1.165) is 38.2 Å². The standard InChI is InChI=1S/C12H20N2O/c1-15-10-9-14-8-2-3-11-4-6-12(13)7-5-11/h4-7,14H,2-3,8-10,13H2,1H3. The maximum Gasteiger partial charge on any atom is 0.0587 e. The van der Waals surface area contributed by atoms with Gasteiger partial charge < -0.3 is 15.8 Å². The van der Waals surface area contributed by atoms with Gasteiger partial charge in [-0.05, 0) is 37.1 Å². The highest BCUT2D eigenvalue weighted by atomic mass is 16.5. The van der Waals surface area contributed by atoms with Gasteiger partial charge in [0, 0.05) is 19.3 Å². The molecule has 0 amide bonds. The lowest BCUT2D eigenvalue weighted by atomic mass is 10.1. The average molecular weight is 208 g/mol. The van der Waals surface area contributed by atoms with Crippen LogP contribution in [-0.2, 0) is 11.2 Å². The predicted octanol–water partition coefficient (Wildman–Crippen LogP) is 1.44. The fourth-order valence-corrected chi connectivity index (χ4v) is 1.40. The Labute approximate surface area is 91.6 Å². The Morgan fingerprint density at radius 2 is 1.93 bits per heavy atom. The first-order valence-corrected chi connectivity index (χ1v) is 5.37. The second-order valence-corrected chi connectivity index (χ2v) is 3.59. The van der Waals surface area contributed by atoms with Crippen LogP contribution in [0.25, 0.3) is 0 Å². The molecule has 0 aromatic heterocycles. The van der Waals surface area contributed by atoms with Crippen molar-refractivity contribution in [3.63, 3.8) is 0 Å². The van der Waals surface area contributed by atoms with Crippen molar-refractivity contribution in [2.75, 3.05) is 32.5 Å². The number of anilines is 1. The van der Waals surface area contributed by atoms with Gasteiger partial charge in [0.1, 0.15) is 0 Å². The van der Waals surface area contributed by atoms with E-state index >= 15 is 0 Å². The summed E-state index contributed by atoms with van der Waals surface area (Å²) in [6.45, 7) is 2.74. The zero-order valence-corrected chi connectivity index (χ0v) is 9.33. The molecule has 0 fully saturated rings. The van der Waals surface area contributed by atoms with Gasteiger partial charge >= 0.3 is 0 Å². The average Bonchev–Trinajstić information content (AvgIpc) is 2.26. The molecule has 1 aromatic carbocycles. The first kappa shape index (κ1) is 12.0. The van der Waals surface area contributed by atoms with Gasteiger partial charge in [-0.15, -0.1) is 0 Å². The van der Waals surface area contributed by atoms with Gasteiger partial charge in [-0.2, -0.15) is 0 Å². The summed E-state index contributed by atoms with van der Waals surface area (Å²) in [4.78, 5) is 0. The normalized spacial score (nSPS) is 10.5. The molecule has 0 saturated heterocycles. The molecule has 0 spiro atoms. The van der Waals surface area contributed by atoms with Crippen molar-refractivity contribution < 1.29 is 4.74 Å². The fraction of sp³-hybridized carbons (Fsp3) is 0.500. The largest absolute Gasteiger partial charge is 0.399 e. The zero-order chi connectivity index (χ0) is 10.9. The van der Waals surface area contributed by atoms with Gasteiger partial charge in [0.05, 0.1) is 6.61 Å². The third kappa shape index (κ3) is 5.40. The number of hydrogen-bond donors (Lipinski definition) is 2. The maximum atomic E-state index is 5.61. The first-order chi connectivity index (χ1) is 7.33. The van der Waals surface area contributed by atoms with E-state index in [9.17, 15) is 0 Å². The number of nitrogens with one attached hydrogen (secondary N) is 1. The van der Waals surface area contributed by atoms with Crippen LogP contribution >= 0.6 is 0 Å². The summed E-state index contributed by atoms with van der Waals surface area (Å²) >= 11 is 0. The Morgan fingerprint density at radius 1 is 1.20 bits per heavy atom. The van der Waals surface area contributed by atoms with Crippen molar-refractivity contribution in [3.8, 4) is 0 Å². The van der Waals surface area contributed by atoms with Crippen LogP contribution < -0.4 is 11.1 Å². The number of ether oxygens (including phenoxy) is 1. The Kier molecular flexibility index (Phi) is 5.81. The minimum Gasteiger partial charge on any atom is -0.399 e. The van der Waals surface area contributed by atoms with Gasteiger partial charge in [0.2, 0.25) is 0 Å². The highest BCUT2D eigenvalue weighted by Crippen LogP contribution is 2.06. The summed E-state index contributed by atoms with van der Waals surface area (Å²) in [7, 11) is 1.72. The highest BCUT2D eigenvalue weighted by molar-refractivity contribution is 5.39. The van der Waals surface area contributed by atoms with Crippen LogP contribution in [0.4, 0.5) is 5.69 Å². The Morgan fingerprint density at radius 3 is 2.60 bits per heavy atom. The number of benzene rings is 1. The maximum absolute atomic E-state index is 5.61. The van der Waals surface area contributed by atoms with E-state index in [-0.39, 0.29) is 0 Å². The molecule has 0 bridgehead atoms. The van der Waals surface area contributed by atoms with Crippen molar-refractivity contribution in [1.82, 2.24) is 5.32 Å². The van der Waals surface area contributed by atoms with Gasteiger partial charge in [-0.3, -0.25) is 0 Å². The second-order valence-electron chi connectivity index (χ2n) is 3.59. The molecule has 15 heavy (non-hydrogen) atoms. The van der Waals surface area contributed by atoms with E-state index in [4.69, 9.17) is 10.5 Å². The number of hydrogen-bond acceptors (Lipinski definition) is 3. The smallest absolute Gasteiger partial charge is 0.0587 e. The Balaban J connectivity index is 2.07. The van der Waals surface area contributed by atoms with E-state index in [2.05, 4.69) is 17.4 Å².